The van der Waals surface area contributed by atoms with E-state index in [1.165, 1.54) is 28.0 Å². The lowest BCUT2D eigenvalue weighted by atomic mass is 10.1. The lowest BCUT2D eigenvalue weighted by Gasteiger charge is -1.97. The Kier molecular flexibility index (Phi) is 3.39. The van der Waals surface area contributed by atoms with Crippen molar-refractivity contribution in [2.24, 2.45) is 7.05 Å². The molecule has 0 amide bonds. The van der Waals surface area contributed by atoms with Crippen molar-refractivity contribution >= 4 is 11.3 Å². The molecule has 0 aliphatic heterocycles. The number of hydrogen-bond donors (Lipinski definition) is 2. The predicted molar refractivity (Wildman–Crippen MR) is 79.1 cm³/mol. The Morgan fingerprint density at radius 1 is 1.24 bits per heavy atom. The van der Waals surface area contributed by atoms with Crippen molar-refractivity contribution in [2.45, 2.75) is 6.42 Å². The summed E-state index contributed by atoms with van der Waals surface area (Å²) in [7, 11) is 1.64. The number of thiazole rings is 1. The molecule has 0 unspecified atom stereocenters. The second-order valence-electron chi connectivity index (χ2n) is 4.76. The van der Waals surface area contributed by atoms with Crippen LogP contribution in [0.3, 0.4) is 0 Å². The SMILES string of the molecule is Cn1cc(-c2ncc(Cc3ccc(F)cc3)s2)c(O)c1O. The Bertz CT molecular complexity index is 778. The van der Waals surface area contributed by atoms with Crippen LogP contribution in [0.2, 0.25) is 0 Å². The summed E-state index contributed by atoms with van der Waals surface area (Å²) in [6, 6.07) is 6.33. The van der Waals surface area contributed by atoms with Crippen LogP contribution in [0.5, 0.6) is 11.6 Å². The van der Waals surface area contributed by atoms with Crippen LogP contribution in [0.15, 0.2) is 36.7 Å². The summed E-state index contributed by atoms with van der Waals surface area (Å²) in [5.74, 6) is -0.603. The summed E-state index contributed by atoms with van der Waals surface area (Å²) in [6.45, 7) is 0. The van der Waals surface area contributed by atoms with Gasteiger partial charge in [-0.25, -0.2) is 9.37 Å². The number of aromatic nitrogens is 2. The highest BCUT2D eigenvalue weighted by molar-refractivity contribution is 7.15. The minimum absolute atomic E-state index is 0.166. The van der Waals surface area contributed by atoms with E-state index >= 15 is 0 Å². The van der Waals surface area contributed by atoms with E-state index in [-0.39, 0.29) is 17.4 Å². The maximum atomic E-state index is 12.9. The molecule has 2 aromatic heterocycles. The third kappa shape index (κ3) is 2.62. The van der Waals surface area contributed by atoms with E-state index in [4.69, 9.17) is 0 Å². The second-order valence-corrected chi connectivity index (χ2v) is 5.88. The summed E-state index contributed by atoms with van der Waals surface area (Å²) < 4.78 is 14.3. The van der Waals surface area contributed by atoms with Crippen molar-refractivity contribution in [3.63, 3.8) is 0 Å². The number of aromatic hydroxyl groups is 2. The first kappa shape index (κ1) is 13.6. The molecule has 0 saturated heterocycles. The fourth-order valence-corrected chi connectivity index (χ4v) is 3.03. The molecule has 0 aliphatic rings. The van der Waals surface area contributed by atoms with E-state index < -0.39 is 0 Å². The van der Waals surface area contributed by atoms with Gasteiger partial charge in [0.25, 0.3) is 0 Å². The van der Waals surface area contributed by atoms with Crippen LogP contribution in [-0.2, 0) is 13.5 Å². The van der Waals surface area contributed by atoms with E-state index in [0.29, 0.717) is 17.0 Å². The van der Waals surface area contributed by atoms with Gasteiger partial charge in [0.2, 0.25) is 5.88 Å². The zero-order valence-electron chi connectivity index (χ0n) is 11.2. The highest BCUT2D eigenvalue weighted by Gasteiger charge is 2.16. The fraction of sp³-hybridized carbons (Fsp3) is 0.133. The molecule has 3 aromatic rings. The highest BCUT2D eigenvalue weighted by Crippen LogP contribution is 2.39. The number of rotatable bonds is 3. The zero-order chi connectivity index (χ0) is 15.0. The molecule has 0 atom stereocenters. The van der Waals surface area contributed by atoms with Gasteiger partial charge in [-0.05, 0) is 17.7 Å². The topological polar surface area (TPSA) is 58.3 Å². The minimum Gasteiger partial charge on any atom is -0.503 e. The molecule has 0 aliphatic carbocycles. The minimum atomic E-state index is -0.256. The quantitative estimate of drug-likeness (QED) is 0.780. The highest BCUT2D eigenvalue weighted by atomic mass is 32.1. The van der Waals surface area contributed by atoms with Crippen molar-refractivity contribution in [2.75, 3.05) is 0 Å². The van der Waals surface area contributed by atoms with E-state index in [9.17, 15) is 14.6 Å². The monoisotopic (exact) mass is 304 g/mol. The zero-order valence-corrected chi connectivity index (χ0v) is 12.1. The standard InChI is InChI=1S/C15H13FN2O2S/c1-18-8-12(13(19)15(18)20)14-17-7-11(21-14)6-9-2-4-10(16)5-3-9/h2-5,7-8,19-20H,6H2,1H3. The molecule has 3 rings (SSSR count). The third-order valence-electron chi connectivity index (χ3n) is 3.20. The molecule has 0 saturated carbocycles. The number of nitrogens with zero attached hydrogens (tertiary/aromatic N) is 2. The molecular formula is C15H13FN2O2S. The molecule has 2 heterocycles. The van der Waals surface area contributed by atoms with E-state index in [2.05, 4.69) is 4.98 Å². The van der Waals surface area contributed by atoms with Gasteiger partial charge in [-0.1, -0.05) is 12.1 Å². The van der Waals surface area contributed by atoms with Gasteiger partial charge in [0, 0.05) is 30.7 Å². The lowest BCUT2D eigenvalue weighted by Crippen LogP contribution is -1.84. The lowest BCUT2D eigenvalue weighted by molar-refractivity contribution is 0.381. The fourth-order valence-electron chi connectivity index (χ4n) is 2.08. The van der Waals surface area contributed by atoms with Gasteiger partial charge < -0.3 is 14.8 Å². The Hall–Kier alpha value is -2.34. The van der Waals surface area contributed by atoms with Crippen LogP contribution in [0.4, 0.5) is 4.39 Å². The molecule has 1 aromatic carbocycles. The van der Waals surface area contributed by atoms with Gasteiger partial charge in [0.1, 0.15) is 10.8 Å². The summed E-state index contributed by atoms with van der Waals surface area (Å²) >= 11 is 1.43. The summed E-state index contributed by atoms with van der Waals surface area (Å²) in [5.41, 5.74) is 1.50. The normalized spacial score (nSPS) is 11.0. The van der Waals surface area contributed by atoms with Gasteiger partial charge in [-0.15, -0.1) is 11.3 Å². The van der Waals surface area contributed by atoms with E-state index in [0.717, 1.165) is 10.4 Å². The molecule has 0 fully saturated rings. The van der Waals surface area contributed by atoms with Gasteiger partial charge in [-0.2, -0.15) is 0 Å². The van der Waals surface area contributed by atoms with E-state index in [1.807, 2.05) is 0 Å². The van der Waals surface area contributed by atoms with Crippen molar-refractivity contribution in [1.82, 2.24) is 9.55 Å². The van der Waals surface area contributed by atoms with Crippen molar-refractivity contribution in [1.29, 1.82) is 0 Å². The Balaban J connectivity index is 1.86. The molecule has 2 N–H and O–H groups in total. The second kappa shape index (κ2) is 5.21. The van der Waals surface area contributed by atoms with Gasteiger partial charge in [-0.3, -0.25) is 0 Å². The summed E-state index contributed by atoms with van der Waals surface area (Å²) in [6.07, 6.45) is 4.01. The Morgan fingerprint density at radius 2 is 1.95 bits per heavy atom. The van der Waals surface area contributed by atoms with Crippen molar-refractivity contribution in [3.05, 3.63) is 52.9 Å². The Morgan fingerprint density at radius 3 is 2.57 bits per heavy atom. The number of aryl methyl sites for hydroxylation is 1. The molecule has 0 bridgehead atoms. The molecule has 0 spiro atoms. The summed E-state index contributed by atoms with van der Waals surface area (Å²) in [5, 5.41) is 20.1. The van der Waals surface area contributed by atoms with Crippen LogP contribution < -0.4 is 0 Å². The van der Waals surface area contributed by atoms with Gasteiger partial charge in [0.15, 0.2) is 5.75 Å². The number of benzene rings is 1. The first-order valence-electron chi connectivity index (χ1n) is 6.31. The Labute approximate surface area is 124 Å². The van der Waals surface area contributed by atoms with Crippen LogP contribution >= 0.6 is 11.3 Å². The molecule has 4 nitrogen and oxygen atoms in total. The molecule has 108 valence electrons. The van der Waals surface area contributed by atoms with E-state index in [1.54, 1.807) is 31.6 Å². The molecule has 21 heavy (non-hydrogen) atoms. The molecule has 0 radical (unpaired) electrons. The first-order chi connectivity index (χ1) is 10.0. The summed E-state index contributed by atoms with van der Waals surface area (Å²) in [4.78, 5) is 5.27. The van der Waals surface area contributed by atoms with Gasteiger partial charge >= 0.3 is 0 Å². The number of halogens is 1. The maximum Gasteiger partial charge on any atom is 0.235 e. The average Bonchev–Trinajstić information content (AvgIpc) is 3.02. The third-order valence-corrected chi connectivity index (χ3v) is 4.23. The van der Waals surface area contributed by atoms with Crippen molar-refractivity contribution in [3.8, 4) is 22.2 Å². The maximum absolute atomic E-state index is 12.9. The van der Waals surface area contributed by atoms with Gasteiger partial charge in [0.05, 0.1) is 5.56 Å². The first-order valence-corrected chi connectivity index (χ1v) is 7.13. The molecular weight excluding hydrogens is 291 g/mol. The van der Waals surface area contributed by atoms with Crippen LogP contribution in [0.25, 0.3) is 10.6 Å². The predicted octanol–water partition coefficient (Wildman–Crippen LogP) is 3.29. The molecule has 6 heteroatoms. The average molecular weight is 304 g/mol. The van der Waals surface area contributed by atoms with Crippen molar-refractivity contribution < 1.29 is 14.6 Å². The van der Waals surface area contributed by atoms with Crippen LogP contribution in [0, 0.1) is 5.82 Å². The smallest absolute Gasteiger partial charge is 0.235 e. The number of hydrogen-bond acceptors (Lipinski definition) is 4. The van der Waals surface area contributed by atoms with Crippen LogP contribution in [0.1, 0.15) is 10.4 Å². The van der Waals surface area contributed by atoms with Crippen LogP contribution in [-0.4, -0.2) is 19.8 Å². The largest absolute Gasteiger partial charge is 0.503 e.